The highest BCUT2D eigenvalue weighted by atomic mass is 35.5. The lowest BCUT2D eigenvalue weighted by Gasteiger charge is -2.07. The van der Waals surface area contributed by atoms with Gasteiger partial charge in [0.05, 0.1) is 5.02 Å². The standard InChI is InChI=1S/C12H7Cl3O/c13-7-1-3-9(11(15)5-7)10-4-2-8(14)6-12(10)16/h1-6,16H. The summed E-state index contributed by atoms with van der Waals surface area (Å²) in [6.07, 6.45) is 0. The van der Waals surface area contributed by atoms with E-state index in [0.717, 1.165) is 5.56 Å². The lowest BCUT2D eigenvalue weighted by Crippen LogP contribution is -1.81. The van der Waals surface area contributed by atoms with E-state index in [1.54, 1.807) is 30.3 Å². The fraction of sp³-hybridized carbons (Fsp3) is 0. The topological polar surface area (TPSA) is 20.2 Å². The van der Waals surface area contributed by atoms with Crippen LogP contribution in [-0.4, -0.2) is 5.11 Å². The van der Waals surface area contributed by atoms with Crippen LogP contribution in [0.5, 0.6) is 5.75 Å². The smallest absolute Gasteiger partial charge is 0.124 e. The van der Waals surface area contributed by atoms with Crippen molar-refractivity contribution in [1.29, 1.82) is 0 Å². The van der Waals surface area contributed by atoms with Crippen LogP contribution in [0.1, 0.15) is 0 Å². The summed E-state index contributed by atoms with van der Waals surface area (Å²) in [6.45, 7) is 0. The molecule has 1 nitrogen and oxygen atoms in total. The van der Waals surface area contributed by atoms with Crippen LogP contribution in [0, 0.1) is 0 Å². The van der Waals surface area contributed by atoms with Gasteiger partial charge in [-0.05, 0) is 30.3 Å². The van der Waals surface area contributed by atoms with Gasteiger partial charge in [0.25, 0.3) is 0 Å². The fourth-order valence-corrected chi connectivity index (χ4v) is 2.12. The Bertz CT molecular complexity index is 488. The first kappa shape index (κ1) is 11.6. The van der Waals surface area contributed by atoms with Gasteiger partial charge in [0.1, 0.15) is 5.75 Å². The van der Waals surface area contributed by atoms with Gasteiger partial charge in [-0.3, -0.25) is 0 Å². The number of hydrogen-bond donors (Lipinski definition) is 1. The number of phenols is 1. The van der Waals surface area contributed by atoms with Gasteiger partial charge in [0.15, 0.2) is 0 Å². The Morgan fingerprint density at radius 2 is 1.31 bits per heavy atom. The second kappa shape index (κ2) is 4.54. The lowest BCUT2D eigenvalue weighted by atomic mass is 10.0. The van der Waals surface area contributed by atoms with Crippen molar-refractivity contribution in [3.05, 3.63) is 51.5 Å². The van der Waals surface area contributed by atoms with Crippen LogP contribution in [0.3, 0.4) is 0 Å². The molecule has 0 bridgehead atoms. The normalized spacial score (nSPS) is 10.4. The van der Waals surface area contributed by atoms with Gasteiger partial charge in [-0.15, -0.1) is 0 Å². The van der Waals surface area contributed by atoms with E-state index in [1.165, 1.54) is 6.07 Å². The van der Waals surface area contributed by atoms with Gasteiger partial charge < -0.3 is 5.11 Å². The van der Waals surface area contributed by atoms with Crippen LogP contribution >= 0.6 is 34.8 Å². The third-order valence-corrected chi connectivity index (χ3v) is 2.96. The predicted octanol–water partition coefficient (Wildman–Crippen LogP) is 5.02. The Balaban J connectivity index is 2.59. The minimum Gasteiger partial charge on any atom is -0.507 e. The van der Waals surface area contributed by atoms with Crippen molar-refractivity contribution < 1.29 is 5.11 Å². The van der Waals surface area contributed by atoms with Gasteiger partial charge in [-0.1, -0.05) is 40.9 Å². The van der Waals surface area contributed by atoms with Crippen molar-refractivity contribution in [1.82, 2.24) is 0 Å². The van der Waals surface area contributed by atoms with Crippen LogP contribution in [-0.2, 0) is 0 Å². The molecule has 0 spiro atoms. The Labute approximate surface area is 108 Å². The van der Waals surface area contributed by atoms with E-state index in [-0.39, 0.29) is 5.75 Å². The first-order valence-electron chi connectivity index (χ1n) is 4.52. The summed E-state index contributed by atoms with van der Waals surface area (Å²) in [6, 6.07) is 9.99. The summed E-state index contributed by atoms with van der Waals surface area (Å²) in [7, 11) is 0. The molecule has 0 unspecified atom stereocenters. The second-order valence-corrected chi connectivity index (χ2v) is 4.57. The molecule has 0 aromatic heterocycles. The lowest BCUT2D eigenvalue weighted by molar-refractivity contribution is 0.477. The third kappa shape index (κ3) is 2.27. The molecule has 2 rings (SSSR count). The van der Waals surface area contributed by atoms with Crippen molar-refractivity contribution in [3.63, 3.8) is 0 Å². The summed E-state index contributed by atoms with van der Waals surface area (Å²) in [5.41, 5.74) is 1.35. The molecule has 0 fully saturated rings. The molecule has 0 aliphatic carbocycles. The molecular formula is C12H7Cl3O. The van der Waals surface area contributed by atoms with Crippen LogP contribution in [0.2, 0.25) is 15.1 Å². The molecule has 0 radical (unpaired) electrons. The van der Waals surface area contributed by atoms with Crippen LogP contribution < -0.4 is 0 Å². The Morgan fingerprint density at radius 1 is 0.750 bits per heavy atom. The van der Waals surface area contributed by atoms with E-state index >= 15 is 0 Å². The van der Waals surface area contributed by atoms with Gasteiger partial charge in [0, 0.05) is 21.2 Å². The predicted molar refractivity (Wildman–Crippen MR) is 68.6 cm³/mol. The molecular weight excluding hydrogens is 266 g/mol. The second-order valence-electron chi connectivity index (χ2n) is 3.29. The number of hydrogen-bond acceptors (Lipinski definition) is 1. The van der Waals surface area contributed by atoms with E-state index in [1.807, 2.05) is 0 Å². The molecule has 82 valence electrons. The zero-order chi connectivity index (χ0) is 11.7. The molecule has 2 aromatic carbocycles. The number of rotatable bonds is 1. The van der Waals surface area contributed by atoms with Crippen molar-refractivity contribution in [2.24, 2.45) is 0 Å². The maximum Gasteiger partial charge on any atom is 0.124 e. The average molecular weight is 274 g/mol. The quantitative estimate of drug-likeness (QED) is 0.773. The summed E-state index contributed by atoms with van der Waals surface area (Å²) in [5, 5.41) is 11.3. The number of phenolic OH excluding ortho intramolecular Hbond substituents is 1. The molecule has 4 heteroatoms. The van der Waals surface area contributed by atoms with Crippen molar-refractivity contribution >= 4 is 34.8 Å². The highest BCUT2D eigenvalue weighted by molar-refractivity contribution is 6.36. The largest absolute Gasteiger partial charge is 0.507 e. The van der Waals surface area contributed by atoms with Crippen LogP contribution in [0.15, 0.2) is 36.4 Å². The van der Waals surface area contributed by atoms with Crippen molar-refractivity contribution in [2.75, 3.05) is 0 Å². The zero-order valence-corrected chi connectivity index (χ0v) is 10.3. The maximum absolute atomic E-state index is 9.76. The molecule has 0 saturated carbocycles. The monoisotopic (exact) mass is 272 g/mol. The Hall–Kier alpha value is -0.890. The highest BCUT2D eigenvalue weighted by Crippen LogP contribution is 2.36. The molecule has 1 N–H and O–H groups in total. The van der Waals surface area contributed by atoms with E-state index in [9.17, 15) is 5.11 Å². The SMILES string of the molecule is Oc1cc(Cl)ccc1-c1ccc(Cl)cc1Cl. The van der Waals surface area contributed by atoms with Gasteiger partial charge in [0.2, 0.25) is 0 Å². The molecule has 0 aliphatic heterocycles. The first-order valence-corrected chi connectivity index (χ1v) is 5.65. The van der Waals surface area contributed by atoms with E-state index in [4.69, 9.17) is 34.8 Å². The van der Waals surface area contributed by atoms with Crippen molar-refractivity contribution in [2.45, 2.75) is 0 Å². The fourth-order valence-electron chi connectivity index (χ4n) is 1.44. The summed E-state index contributed by atoms with van der Waals surface area (Å²) in [4.78, 5) is 0. The van der Waals surface area contributed by atoms with Gasteiger partial charge >= 0.3 is 0 Å². The molecule has 16 heavy (non-hydrogen) atoms. The molecule has 0 atom stereocenters. The van der Waals surface area contributed by atoms with E-state index in [0.29, 0.717) is 20.6 Å². The highest BCUT2D eigenvalue weighted by Gasteiger charge is 2.08. The Kier molecular flexibility index (Phi) is 3.29. The van der Waals surface area contributed by atoms with E-state index < -0.39 is 0 Å². The summed E-state index contributed by atoms with van der Waals surface area (Å²) in [5.74, 6) is 0.0942. The molecule has 0 amide bonds. The van der Waals surface area contributed by atoms with Gasteiger partial charge in [-0.25, -0.2) is 0 Å². The number of halogens is 3. The molecule has 0 heterocycles. The number of benzene rings is 2. The molecule has 0 saturated heterocycles. The zero-order valence-electron chi connectivity index (χ0n) is 8.05. The van der Waals surface area contributed by atoms with Crippen LogP contribution in [0.4, 0.5) is 0 Å². The molecule has 2 aromatic rings. The summed E-state index contributed by atoms with van der Waals surface area (Å²) < 4.78 is 0. The summed E-state index contributed by atoms with van der Waals surface area (Å²) >= 11 is 17.6. The minimum absolute atomic E-state index is 0.0942. The first-order chi connectivity index (χ1) is 7.58. The van der Waals surface area contributed by atoms with Crippen molar-refractivity contribution in [3.8, 4) is 16.9 Å². The number of aromatic hydroxyl groups is 1. The maximum atomic E-state index is 9.76. The molecule has 0 aliphatic rings. The minimum atomic E-state index is 0.0942. The van der Waals surface area contributed by atoms with E-state index in [2.05, 4.69) is 0 Å². The van der Waals surface area contributed by atoms with Gasteiger partial charge in [-0.2, -0.15) is 0 Å². The average Bonchev–Trinajstić information content (AvgIpc) is 2.19. The third-order valence-electron chi connectivity index (χ3n) is 2.18. The van der Waals surface area contributed by atoms with Crippen LogP contribution in [0.25, 0.3) is 11.1 Å². The Morgan fingerprint density at radius 3 is 1.88 bits per heavy atom.